The molecular weight excluding hydrogens is 184 g/mol. The molecule has 88 valence electrons. The molecule has 2 rings (SSSR count). The minimum atomic E-state index is 0.768. The summed E-state index contributed by atoms with van der Waals surface area (Å²) in [6.07, 6.45) is 4.17. The second-order valence-corrected chi connectivity index (χ2v) is 5.81. The Balaban J connectivity index is 1.88. The van der Waals surface area contributed by atoms with Crippen molar-refractivity contribution >= 4 is 0 Å². The van der Waals surface area contributed by atoms with Gasteiger partial charge in [-0.25, -0.2) is 0 Å². The van der Waals surface area contributed by atoms with Gasteiger partial charge in [-0.05, 0) is 44.6 Å². The quantitative estimate of drug-likeness (QED) is 0.751. The van der Waals surface area contributed by atoms with Gasteiger partial charge < -0.3 is 5.32 Å². The summed E-state index contributed by atoms with van der Waals surface area (Å²) >= 11 is 0. The van der Waals surface area contributed by atoms with Crippen molar-refractivity contribution in [2.75, 3.05) is 19.6 Å². The number of hydrogen-bond acceptors (Lipinski definition) is 2. The zero-order chi connectivity index (χ0) is 10.8. The molecule has 2 aliphatic rings. The van der Waals surface area contributed by atoms with Crippen LogP contribution in [0.4, 0.5) is 0 Å². The van der Waals surface area contributed by atoms with Crippen LogP contribution in [0.2, 0.25) is 0 Å². The lowest BCUT2D eigenvalue weighted by Crippen LogP contribution is -2.50. The number of piperidine rings is 1. The second-order valence-electron chi connectivity index (χ2n) is 5.81. The molecular formula is C13H26N2. The summed E-state index contributed by atoms with van der Waals surface area (Å²) in [5, 5.41) is 3.61. The summed E-state index contributed by atoms with van der Waals surface area (Å²) in [6.45, 7) is 11.0. The van der Waals surface area contributed by atoms with Crippen molar-refractivity contribution in [2.45, 2.75) is 52.1 Å². The first-order valence-electron chi connectivity index (χ1n) is 6.64. The average molecular weight is 210 g/mol. The van der Waals surface area contributed by atoms with E-state index in [2.05, 4.69) is 31.0 Å². The van der Waals surface area contributed by atoms with E-state index in [4.69, 9.17) is 0 Å². The number of likely N-dealkylation sites (tertiary alicyclic amines) is 1. The molecule has 4 atom stereocenters. The van der Waals surface area contributed by atoms with E-state index in [1.165, 1.54) is 38.9 Å². The van der Waals surface area contributed by atoms with Gasteiger partial charge in [0.05, 0.1) is 0 Å². The normalized spacial score (nSPS) is 43.4. The van der Waals surface area contributed by atoms with Crippen molar-refractivity contribution in [3.05, 3.63) is 0 Å². The lowest BCUT2D eigenvalue weighted by Gasteiger charge is -2.42. The van der Waals surface area contributed by atoms with Crippen molar-refractivity contribution in [2.24, 2.45) is 11.8 Å². The van der Waals surface area contributed by atoms with Crippen LogP contribution in [0.25, 0.3) is 0 Å². The molecule has 0 aromatic carbocycles. The summed E-state index contributed by atoms with van der Waals surface area (Å²) in [7, 11) is 0. The van der Waals surface area contributed by atoms with Gasteiger partial charge in [0.2, 0.25) is 0 Å². The Morgan fingerprint density at radius 1 is 1.27 bits per heavy atom. The van der Waals surface area contributed by atoms with E-state index in [9.17, 15) is 0 Å². The van der Waals surface area contributed by atoms with Gasteiger partial charge in [-0.15, -0.1) is 0 Å². The van der Waals surface area contributed by atoms with Gasteiger partial charge in [0, 0.05) is 25.2 Å². The van der Waals surface area contributed by atoms with E-state index in [1.54, 1.807) is 0 Å². The molecule has 2 heteroatoms. The fourth-order valence-electron chi connectivity index (χ4n) is 3.27. The van der Waals surface area contributed by atoms with Crippen LogP contribution in [-0.2, 0) is 0 Å². The van der Waals surface area contributed by atoms with Crippen LogP contribution in [0.5, 0.6) is 0 Å². The lowest BCUT2D eigenvalue weighted by molar-refractivity contribution is 0.0723. The van der Waals surface area contributed by atoms with Crippen LogP contribution in [0, 0.1) is 11.8 Å². The molecule has 1 N–H and O–H groups in total. The van der Waals surface area contributed by atoms with E-state index in [0.717, 1.165) is 23.9 Å². The van der Waals surface area contributed by atoms with E-state index in [-0.39, 0.29) is 0 Å². The van der Waals surface area contributed by atoms with Crippen molar-refractivity contribution in [3.63, 3.8) is 0 Å². The van der Waals surface area contributed by atoms with Crippen molar-refractivity contribution in [1.82, 2.24) is 10.2 Å². The first-order valence-corrected chi connectivity index (χ1v) is 6.64. The highest BCUT2D eigenvalue weighted by Gasteiger charge is 2.30. The molecule has 0 bridgehead atoms. The van der Waals surface area contributed by atoms with Gasteiger partial charge in [0.15, 0.2) is 0 Å². The zero-order valence-corrected chi connectivity index (χ0v) is 10.5. The van der Waals surface area contributed by atoms with Gasteiger partial charge in [0.25, 0.3) is 0 Å². The third kappa shape index (κ3) is 2.73. The highest BCUT2D eigenvalue weighted by atomic mass is 15.2. The van der Waals surface area contributed by atoms with Crippen LogP contribution < -0.4 is 5.32 Å². The highest BCUT2D eigenvalue weighted by Crippen LogP contribution is 2.27. The number of nitrogens with zero attached hydrogens (tertiary/aromatic N) is 1. The molecule has 0 radical (unpaired) electrons. The Labute approximate surface area is 94.4 Å². The molecule has 2 fully saturated rings. The van der Waals surface area contributed by atoms with Crippen molar-refractivity contribution < 1.29 is 0 Å². The van der Waals surface area contributed by atoms with E-state index in [0.29, 0.717) is 0 Å². The minimum absolute atomic E-state index is 0.768. The predicted octanol–water partition coefficient (Wildman–Crippen LogP) is 2.10. The predicted molar refractivity (Wildman–Crippen MR) is 65.0 cm³/mol. The molecule has 2 aliphatic heterocycles. The topological polar surface area (TPSA) is 15.3 Å². The number of hydrogen-bond donors (Lipinski definition) is 1. The minimum Gasteiger partial charge on any atom is -0.313 e. The summed E-state index contributed by atoms with van der Waals surface area (Å²) in [5.41, 5.74) is 0. The van der Waals surface area contributed by atoms with Crippen LogP contribution in [-0.4, -0.2) is 36.6 Å². The van der Waals surface area contributed by atoms with E-state index in [1.807, 2.05) is 0 Å². The standard InChI is InChI=1S/C13H26N2/c1-10-7-11(2)12(3)15(8-10)9-13-5-4-6-14-13/h10-14H,4-9H2,1-3H3/t10?,11?,12?,13-/m0/s1. The van der Waals surface area contributed by atoms with E-state index < -0.39 is 0 Å². The molecule has 0 spiro atoms. The monoisotopic (exact) mass is 210 g/mol. The Kier molecular flexibility index (Phi) is 3.68. The molecule has 0 aromatic heterocycles. The molecule has 2 saturated heterocycles. The zero-order valence-electron chi connectivity index (χ0n) is 10.5. The largest absolute Gasteiger partial charge is 0.313 e. The Morgan fingerprint density at radius 2 is 2.07 bits per heavy atom. The average Bonchev–Trinajstić information content (AvgIpc) is 2.66. The summed E-state index contributed by atoms with van der Waals surface area (Å²) in [4.78, 5) is 2.71. The Bertz CT molecular complexity index is 199. The Morgan fingerprint density at radius 3 is 2.73 bits per heavy atom. The van der Waals surface area contributed by atoms with Crippen molar-refractivity contribution in [3.8, 4) is 0 Å². The molecule has 0 aliphatic carbocycles. The maximum atomic E-state index is 3.61. The van der Waals surface area contributed by atoms with E-state index >= 15 is 0 Å². The number of nitrogens with one attached hydrogen (secondary N) is 1. The maximum absolute atomic E-state index is 3.61. The van der Waals surface area contributed by atoms with Crippen LogP contribution in [0.15, 0.2) is 0 Å². The van der Waals surface area contributed by atoms with Crippen LogP contribution in [0.3, 0.4) is 0 Å². The third-order valence-electron chi connectivity index (χ3n) is 4.34. The number of rotatable bonds is 2. The molecule has 3 unspecified atom stereocenters. The lowest BCUT2D eigenvalue weighted by atomic mass is 9.85. The van der Waals surface area contributed by atoms with Gasteiger partial charge in [-0.1, -0.05) is 13.8 Å². The molecule has 0 aromatic rings. The highest BCUT2D eigenvalue weighted by molar-refractivity contribution is 4.86. The van der Waals surface area contributed by atoms with Gasteiger partial charge >= 0.3 is 0 Å². The maximum Gasteiger partial charge on any atom is 0.0195 e. The fourth-order valence-corrected chi connectivity index (χ4v) is 3.27. The first kappa shape index (κ1) is 11.4. The van der Waals surface area contributed by atoms with Gasteiger partial charge in [-0.2, -0.15) is 0 Å². The summed E-state index contributed by atoms with van der Waals surface area (Å²) in [5.74, 6) is 1.76. The second kappa shape index (κ2) is 4.84. The molecule has 2 nitrogen and oxygen atoms in total. The fraction of sp³-hybridized carbons (Fsp3) is 1.00. The van der Waals surface area contributed by atoms with Crippen LogP contribution in [0.1, 0.15) is 40.0 Å². The molecule has 0 amide bonds. The third-order valence-corrected chi connectivity index (χ3v) is 4.34. The smallest absolute Gasteiger partial charge is 0.0195 e. The van der Waals surface area contributed by atoms with Gasteiger partial charge in [0.1, 0.15) is 0 Å². The van der Waals surface area contributed by atoms with Crippen LogP contribution >= 0.6 is 0 Å². The first-order chi connectivity index (χ1) is 7.16. The molecule has 2 heterocycles. The summed E-state index contributed by atoms with van der Waals surface area (Å²) in [6, 6.07) is 1.55. The van der Waals surface area contributed by atoms with Crippen molar-refractivity contribution in [1.29, 1.82) is 0 Å². The summed E-state index contributed by atoms with van der Waals surface area (Å²) < 4.78 is 0. The SMILES string of the molecule is CC1CC(C)C(C)N(C[C@@H]2CCCN2)C1. The molecule has 0 saturated carbocycles. The Hall–Kier alpha value is -0.0800. The van der Waals surface area contributed by atoms with Gasteiger partial charge in [-0.3, -0.25) is 4.90 Å². The molecule has 15 heavy (non-hydrogen) atoms.